The van der Waals surface area contributed by atoms with Crippen LogP contribution in [0.3, 0.4) is 0 Å². The molecule has 3 heteroatoms. The fourth-order valence-electron chi connectivity index (χ4n) is 0.773. The van der Waals surface area contributed by atoms with E-state index in [1.165, 1.54) is 0 Å². The van der Waals surface area contributed by atoms with Gasteiger partial charge in [0.25, 0.3) is 0 Å². The summed E-state index contributed by atoms with van der Waals surface area (Å²) in [5.74, 6) is 0. The van der Waals surface area contributed by atoms with Crippen LogP contribution in [0.4, 0.5) is 0 Å². The molecule has 0 aliphatic carbocycles. The Hall–Kier alpha value is -0.750. The fraction of sp³-hybridized carbons (Fsp3) is 0.800. The summed E-state index contributed by atoms with van der Waals surface area (Å²) in [4.78, 5) is 1.71. The molecule has 1 saturated heterocycles. The van der Waals surface area contributed by atoms with Gasteiger partial charge in [0.15, 0.2) is 6.19 Å². The third-order valence-corrected chi connectivity index (χ3v) is 1.23. The monoisotopic (exact) mass is 111 g/mol. The number of nitriles is 1. The molecule has 1 fully saturated rings. The van der Waals surface area contributed by atoms with Crippen molar-refractivity contribution >= 4 is 0 Å². The lowest BCUT2D eigenvalue weighted by molar-refractivity contribution is 0.305. The van der Waals surface area contributed by atoms with Crippen molar-refractivity contribution in [1.29, 1.82) is 5.26 Å². The molecule has 1 aliphatic rings. The first kappa shape index (κ1) is 5.39. The largest absolute Gasteiger partial charge is 0.299 e. The predicted molar refractivity (Wildman–Crippen MR) is 29.8 cm³/mol. The smallest absolute Gasteiger partial charge is 0.180 e. The Morgan fingerprint density at radius 1 is 1.62 bits per heavy atom. The van der Waals surface area contributed by atoms with Crippen molar-refractivity contribution in [1.82, 2.24) is 10.2 Å². The molecule has 0 aromatic rings. The highest BCUT2D eigenvalue weighted by Gasteiger charge is 2.04. The SMILES string of the molecule is N#CN1CCCNC1. The van der Waals surface area contributed by atoms with Crippen LogP contribution in [0.15, 0.2) is 0 Å². The van der Waals surface area contributed by atoms with Gasteiger partial charge in [-0.2, -0.15) is 5.26 Å². The second-order valence-corrected chi connectivity index (χ2v) is 1.88. The first-order chi connectivity index (χ1) is 3.93. The second-order valence-electron chi connectivity index (χ2n) is 1.88. The van der Waals surface area contributed by atoms with Gasteiger partial charge in [0.2, 0.25) is 0 Å². The Kier molecular flexibility index (Phi) is 1.70. The van der Waals surface area contributed by atoms with Crippen molar-refractivity contribution < 1.29 is 0 Å². The summed E-state index contributed by atoms with van der Waals surface area (Å²) in [7, 11) is 0. The van der Waals surface area contributed by atoms with Gasteiger partial charge in [0, 0.05) is 6.54 Å². The standard InChI is InChI=1S/C5H9N3/c6-4-8-3-1-2-7-5-8/h7H,1-3,5H2. The molecule has 0 atom stereocenters. The van der Waals surface area contributed by atoms with E-state index in [0.717, 1.165) is 26.2 Å². The average Bonchev–Trinajstić information content (AvgIpc) is 1.90. The maximum atomic E-state index is 8.33. The van der Waals surface area contributed by atoms with Gasteiger partial charge in [-0.25, -0.2) is 0 Å². The van der Waals surface area contributed by atoms with Crippen LogP contribution in [-0.4, -0.2) is 24.7 Å². The Morgan fingerprint density at radius 3 is 2.88 bits per heavy atom. The Bertz CT molecular complexity index is 98.7. The highest BCUT2D eigenvalue weighted by atomic mass is 15.2. The van der Waals surface area contributed by atoms with Gasteiger partial charge in [-0.3, -0.25) is 10.2 Å². The van der Waals surface area contributed by atoms with Gasteiger partial charge >= 0.3 is 0 Å². The highest BCUT2D eigenvalue weighted by molar-refractivity contribution is 4.75. The Morgan fingerprint density at radius 2 is 2.50 bits per heavy atom. The van der Waals surface area contributed by atoms with E-state index in [-0.39, 0.29) is 0 Å². The summed E-state index contributed by atoms with van der Waals surface area (Å²) in [5.41, 5.74) is 0. The summed E-state index contributed by atoms with van der Waals surface area (Å²) in [6, 6.07) is 0. The highest BCUT2D eigenvalue weighted by Crippen LogP contribution is 1.91. The van der Waals surface area contributed by atoms with Crippen molar-refractivity contribution in [3.05, 3.63) is 0 Å². The zero-order chi connectivity index (χ0) is 5.82. The van der Waals surface area contributed by atoms with Crippen molar-refractivity contribution in [2.75, 3.05) is 19.8 Å². The molecule has 0 radical (unpaired) electrons. The number of nitrogens with one attached hydrogen (secondary N) is 1. The van der Waals surface area contributed by atoms with Gasteiger partial charge in [-0.15, -0.1) is 0 Å². The zero-order valence-corrected chi connectivity index (χ0v) is 4.72. The van der Waals surface area contributed by atoms with Crippen LogP contribution in [0.1, 0.15) is 6.42 Å². The molecular formula is C5H9N3. The molecule has 8 heavy (non-hydrogen) atoms. The third-order valence-electron chi connectivity index (χ3n) is 1.23. The van der Waals surface area contributed by atoms with E-state index in [9.17, 15) is 0 Å². The van der Waals surface area contributed by atoms with Crippen LogP contribution in [0.2, 0.25) is 0 Å². The summed E-state index contributed by atoms with van der Waals surface area (Å²) >= 11 is 0. The van der Waals surface area contributed by atoms with Crippen molar-refractivity contribution in [3.8, 4) is 6.19 Å². The van der Waals surface area contributed by atoms with Gasteiger partial charge in [0.1, 0.15) is 0 Å². The second kappa shape index (κ2) is 2.53. The number of rotatable bonds is 0. The lowest BCUT2D eigenvalue weighted by Gasteiger charge is -2.20. The summed E-state index contributed by atoms with van der Waals surface area (Å²) in [6.45, 7) is 2.71. The van der Waals surface area contributed by atoms with Crippen molar-refractivity contribution in [2.24, 2.45) is 0 Å². The van der Waals surface area contributed by atoms with Crippen LogP contribution in [0.5, 0.6) is 0 Å². The van der Waals surface area contributed by atoms with E-state index in [4.69, 9.17) is 5.26 Å². The zero-order valence-electron chi connectivity index (χ0n) is 4.72. The maximum Gasteiger partial charge on any atom is 0.180 e. The van der Waals surface area contributed by atoms with E-state index < -0.39 is 0 Å². The van der Waals surface area contributed by atoms with E-state index in [1.54, 1.807) is 4.90 Å². The average molecular weight is 111 g/mol. The van der Waals surface area contributed by atoms with Crippen molar-refractivity contribution in [2.45, 2.75) is 6.42 Å². The molecule has 0 aromatic carbocycles. The Balaban J connectivity index is 2.25. The normalized spacial score (nSPS) is 20.1. The van der Waals surface area contributed by atoms with E-state index in [1.807, 2.05) is 0 Å². The molecule has 0 bridgehead atoms. The lowest BCUT2D eigenvalue weighted by Crippen LogP contribution is -2.38. The molecular weight excluding hydrogens is 102 g/mol. The van der Waals surface area contributed by atoms with Crippen LogP contribution in [0, 0.1) is 11.5 Å². The number of hydrogen-bond donors (Lipinski definition) is 1. The molecule has 1 heterocycles. The quantitative estimate of drug-likeness (QED) is 0.437. The molecule has 1 rings (SSSR count). The first-order valence-corrected chi connectivity index (χ1v) is 2.79. The van der Waals surface area contributed by atoms with E-state index in [0.29, 0.717) is 0 Å². The lowest BCUT2D eigenvalue weighted by atomic mass is 10.3. The van der Waals surface area contributed by atoms with E-state index >= 15 is 0 Å². The number of nitrogens with zero attached hydrogens (tertiary/aromatic N) is 2. The van der Waals surface area contributed by atoms with Crippen LogP contribution >= 0.6 is 0 Å². The van der Waals surface area contributed by atoms with Crippen LogP contribution in [-0.2, 0) is 0 Å². The molecule has 1 aliphatic heterocycles. The third kappa shape index (κ3) is 1.11. The molecule has 3 nitrogen and oxygen atoms in total. The molecule has 0 saturated carbocycles. The minimum Gasteiger partial charge on any atom is -0.299 e. The van der Waals surface area contributed by atoms with E-state index in [2.05, 4.69) is 11.5 Å². The van der Waals surface area contributed by atoms with Crippen molar-refractivity contribution in [3.63, 3.8) is 0 Å². The predicted octanol–water partition coefficient (Wildman–Crippen LogP) is -0.280. The van der Waals surface area contributed by atoms with Gasteiger partial charge in [-0.05, 0) is 13.0 Å². The minimum atomic E-state index is 0.733. The summed E-state index contributed by atoms with van der Waals surface area (Å²) in [6.07, 6.45) is 3.17. The van der Waals surface area contributed by atoms with Gasteiger partial charge in [0.05, 0.1) is 6.67 Å². The molecule has 0 aromatic heterocycles. The topological polar surface area (TPSA) is 39.1 Å². The minimum absolute atomic E-state index is 0.733. The maximum absolute atomic E-state index is 8.33. The Labute approximate surface area is 48.9 Å². The van der Waals surface area contributed by atoms with Crippen LogP contribution < -0.4 is 5.32 Å². The van der Waals surface area contributed by atoms with Gasteiger partial charge in [-0.1, -0.05) is 0 Å². The summed E-state index contributed by atoms with van der Waals surface area (Å²) < 4.78 is 0. The molecule has 0 amide bonds. The first-order valence-electron chi connectivity index (χ1n) is 2.79. The molecule has 0 unspecified atom stereocenters. The molecule has 0 spiro atoms. The molecule has 44 valence electrons. The molecule has 1 N–H and O–H groups in total. The van der Waals surface area contributed by atoms with Gasteiger partial charge < -0.3 is 0 Å². The number of hydrogen-bond acceptors (Lipinski definition) is 3. The fourth-order valence-corrected chi connectivity index (χ4v) is 0.773. The van der Waals surface area contributed by atoms with Crippen LogP contribution in [0.25, 0.3) is 0 Å². The summed E-state index contributed by atoms with van der Waals surface area (Å²) in [5, 5.41) is 11.4.